The van der Waals surface area contributed by atoms with Crippen molar-refractivity contribution in [2.24, 2.45) is 4.99 Å². The zero-order valence-electron chi connectivity index (χ0n) is 13.7. The average Bonchev–Trinajstić information content (AvgIpc) is 2.96. The van der Waals surface area contributed by atoms with Gasteiger partial charge in [-0.2, -0.15) is 4.99 Å². The van der Waals surface area contributed by atoms with Crippen LogP contribution in [-0.2, 0) is 17.8 Å². The minimum absolute atomic E-state index is 0.0407. The highest BCUT2D eigenvalue weighted by atomic mass is 32.1. The fraction of sp³-hybridized carbons (Fsp3) is 0.222. The second kappa shape index (κ2) is 7.40. The van der Waals surface area contributed by atoms with Gasteiger partial charge in [-0.15, -0.1) is 0 Å². The van der Waals surface area contributed by atoms with Crippen molar-refractivity contribution in [1.29, 1.82) is 0 Å². The number of aryl methyl sites for hydroxylation is 2. The van der Waals surface area contributed by atoms with Gasteiger partial charge in [-0.1, -0.05) is 41.7 Å². The summed E-state index contributed by atoms with van der Waals surface area (Å²) in [6, 6.07) is 14.5. The molecule has 0 unspecified atom stereocenters. The lowest BCUT2D eigenvalue weighted by molar-refractivity contribution is -0.384. The lowest BCUT2D eigenvalue weighted by Gasteiger charge is -2.00. The monoisotopic (exact) mass is 355 g/mol. The third-order valence-electron chi connectivity index (χ3n) is 3.88. The maximum atomic E-state index is 12.2. The largest absolute Gasteiger partial charge is 0.317 e. The van der Waals surface area contributed by atoms with Gasteiger partial charge in [-0.3, -0.25) is 14.9 Å². The van der Waals surface area contributed by atoms with Crippen LogP contribution >= 0.6 is 11.3 Å². The Bertz CT molecular complexity index is 990. The van der Waals surface area contributed by atoms with Gasteiger partial charge in [0.15, 0.2) is 4.80 Å². The molecule has 25 heavy (non-hydrogen) atoms. The van der Waals surface area contributed by atoms with E-state index in [1.165, 1.54) is 23.5 Å². The van der Waals surface area contributed by atoms with E-state index in [1.807, 2.05) is 41.8 Å². The van der Waals surface area contributed by atoms with E-state index in [0.717, 1.165) is 15.8 Å². The number of nitro benzene ring substituents is 1. The molecule has 0 fully saturated rings. The number of aromatic nitrogens is 1. The van der Waals surface area contributed by atoms with Gasteiger partial charge in [0.05, 0.1) is 15.1 Å². The number of hydrogen-bond donors (Lipinski definition) is 0. The van der Waals surface area contributed by atoms with Crippen molar-refractivity contribution in [2.75, 3.05) is 0 Å². The number of carbonyl (C=O) groups is 1. The highest BCUT2D eigenvalue weighted by Gasteiger charge is 2.12. The standard InChI is InChI=1S/C18H17N3O3S/c1-2-20-15-10-9-14(21(23)24)12-16(15)25-18(20)19-17(22)11-8-13-6-4-3-5-7-13/h3-7,9-10,12H,2,8,11H2,1H3. The van der Waals surface area contributed by atoms with Crippen LogP contribution in [0.2, 0.25) is 0 Å². The van der Waals surface area contributed by atoms with E-state index in [2.05, 4.69) is 4.99 Å². The molecule has 3 aromatic rings. The zero-order chi connectivity index (χ0) is 17.8. The van der Waals surface area contributed by atoms with Crippen LogP contribution in [0.3, 0.4) is 0 Å². The van der Waals surface area contributed by atoms with E-state index in [4.69, 9.17) is 0 Å². The molecule has 1 heterocycles. The molecule has 0 bridgehead atoms. The lowest BCUT2D eigenvalue weighted by Crippen LogP contribution is -2.16. The molecule has 2 aromatic carbocycles. The van der Waals surface area contributed by atoms with Crippen LogP contribution < -0.4 is 4.80 Å². The molecule has 0 atom stereocenters. The van der Waals surface area contributed by atoms with Gasteiger partial charge in [-0.25, -0.2) is 0 Å². The van der Waals surface area contributed by atoms with Crippen LogP contribution in [0, 0.1) is 10.1 Å². The van der Waals surface area contributed by atoms with E-state index in [9.17, 15) is 14.9 Å². The van der Waals surface area contributed by atoms with Crippen LogP contribution in [-0.4, -0.2) is 15.4 Å². The summed E-state index contributed by atoms with van der Waals surface area (Å²) in [5, 5.41) is 10.9. The Morgan fingerprint density at radius 1 is 1.24 bits per heavy atom. The number of fused-ring (bicyclic) bond motifs is 1. The van der Waals surface area contributed by atoms with Crippen LogP contribution in [0.15, 0.2) is 53.5 Å². The summed E-state index contributed by atoms with van der Waals surface area (Å²) < 4.78 is 2.66. The fourth-order valence-corrected chi connectivity index (χ4v) is 3.77. The number of nitrogens with zero attached hydrogens (tertiary/aromatic N) is 3. The molecule has 0 saturated heterocycles. The Morgan fingerprint density at radius 2 is 2.00 bits per heavy atom. The van der Waals surface area contributed by atoms with Crippen molar-refractivity contribution in [3.8, 4) is 0 Å². The van der Waals surface area contributed by atoms with Gasteiger partial charge in [0.1, 0.15) is 0 Å². The molecule has 0 aliphatic rings. The van der Waals surface area contributed by atoms with Gasteiger partial charge < -0.3 is 4.57 Å². The molecule has 0 aliphatic carbocycles. The highest BCUT2D eigenvalue weighted by molar-refractivity contribution is 7.16. The number of non-ortho nitro benzene ring substituents is 1. The van der Waals surface area contributed by atoms with Gasteiger partial charge in [-0.05, 0) is 25.0 Å². The Labute approximate surface area is 148 Å². The minimum atomic E-state index is -0.419. The molecule has 1 amide bonds. The Balaban J connectivity index is 1.89. The number of benzene rings is 2. The summed E-state index contributed by atoms with van der Waals surface area (Å²) >= 11 is 1.30. The maximum absolute atomic E-state index is 12.2. The predicted molar refractivity (Wildman–Crippen MR) is 97.5 cm³/mol. The Hall–Kier alpha value is -2.80. The molecule has 1 aromatic heterocycles. The summed E-state index contributed by atoms with van der Waals surface area (Å²) in [6.45, 7) is 2.60. The molecule has 0 N–H and O–H groups in total. The minimum Gasteiger partial charge on any atom is -0.317 e. The molecule has 0 radical (unpaired) electrons. The first-order chi connectivity index (χ1) is 12.1. The first-order valence-corrected chi connectivity index (χ1v) is 8.79. The normalized spacial score (nSPS) is 11.8. The number of carbonyl (C=O) groups excluding carboxylic acids is 1. The molecule has 7 heteroatoms. The second-order valence-corrected chi connectivity index (χ2v) is 6.54. The first kappa shape index (κ1) is 17.0. The fourth-order valence-electron chi connectivity index (χ4n) is 2.62. The summed E-state index contributed by atoms with van der Waals surface area (Å²) in [7, 11) is 0. The van der Waals surface area contributed by atoms with E-state index in [-0.39, 0.29) is 11.6 Å². The molecule has 3 rings (SSSR count). The third-order valence-corrected chi connectivity index (χ3v) is 4.93. The van der Waals surface area contributed by atoms with Gasteiger partial charge >= 0.3 is 0 Å². The first-order valence-electron chi connectivity index (χ1n) is 7.97. The number of nitro groups is 1. The van der Waals surface area contributed by atoms with Crippen LogP contribution in [0.4, 0.5) is 5.69 Å². The SMILES string of the molecule is CCn1c(=NC(=O)CCc2ccccc2)sc2cc([N+](=O)[O-])ccc21. The van der Waals surface area contributed by atoms with Gasteiger partial charge in [0.2, 0.25) is 5.91 Å². The number of hydrogen-bond acceptors (Lipinski definition) is 4. The number of rotatable bonds is 5. The van der Waals surface area contributed by atoms with Crippen LogP contribution in [0.1, 0.15) is 18.9 Å². The van der Waals surface area contributed by atoms with Crippen molar-refractivity contribution in [3.05, 3.63) is 69.0 Å². The second-order valence-electron chi connectivity index (χ2n) is 5.53. The number of amides is 1. The van der Waals surface area contributed by atoms with Crippen molar-refractivity contribution in [2.45, 2.75) is 26.3 Å². The van der Waals surface area contributed by atoms with E-state index >= 15 is 0 Å². The summed E-state index contributed by atoms with van der Waals surface area (Å²) in [5.74, 6) is -0.188. The van der Waals surface area contributed by atoms with Gasteiger partial charge in [0, 0.05) is 25.1 Å². The van der Waals surface area contributed by atoms with Crippen molar-refractivity contribution < 1.29 is 9.72 Å². The van der Waals surface area contributed by atoms with E-state index in [0.29, 0.717) is 24.2 Å². The topological polar surface area (TPSA) is 77.5 Å². The summed E-state index contributed by atoms with van der Waals surface area (Å²) in [6.07, 6.45) is 0.980. The smallest absolute Gasteiger partial charge is 0.270 e. The summed E-state index contributed by atoms with van der Waals surface area (Å²) in [4.78, 5) is 27.5. The predicted octanol–water partition coefficient (Wildman–Crippen LogP) is 3.69. The van der Waals surface area contributed by atoms with Crippen molar-refractivity contribution in [3.63, 3.8) is 0 Å². The lowest BCUT2D eigenvalue weighted by atomic mass is 10.1. The highest BCUT2D eigenvalue weighted by Crippen LogP contribution is 2.23. The third kappa shape index (κ3) is 3.83. The van der Waals surface area contributed by atoms with Crippen molar-refractivity contribution in [1.82, 2.24) is 4.57 Å². The quantitative estimate of drug-likeness (QED) is 0.517. The van der Waals surface area contributed by atoms with E-state index in [1.54, 1.807) is 6.07 Å². The molecule has 0 saturated carbocycles. The maximum Gasteiger partial charge on any atom is 0.270 e. The molecule has 128 valence electrons. The van der Waals surface area contributed by atoms with Crippen molar-refractivity contribution >= 4 is 33.1 Å². The average molecular weight is 355 g/mol. The summed E-state index contributed by atoms with van der Waals surface area (Å²) in [5.41, 5.74) is 1.99. The zero-order valence-corrected chi connectivity index (χ0v) is 14.5. The van der Waals surface area contributed by atoms with Gasteiger partial charge in [0.25, 0.3) is 5.69 Å². The molecule has 6 nitrogen and oxygen atoms in total. The number of thiazole rings is 1. The van der Waals surface area contributed by atoms with Crippen LogP contribution in [0.25, 0.3) is 10.2 Å². The molecule has 0 spiro atoms. The Morgan fingerprint density at radius 3 is 2.68 bits per heavy atom. The van der Waals surface area contributed by atoms with Crippen LogP contribution in [0.5, 0.6) is 0 Å². The molecular weight excluding hydrogens is 338 g/mol. The molecule has 0 aliphatic heterocycles. The molecular formula is C18H17N3O3S. The Kier molecular flexibility index (Phi) is 5.04. The van der Waals surface area contributed by atoms with E-state index < -0.39 is 4.92 Å².